The number of carboxylic acid groups (broad SMARTS) is 1. The first-order valence-electron chi connectivity index (χ1n) is 11.1. The highest BCUT2D eigenvalue weighted by Gasteiger charge is 2.37. The van der Waals surface area contributed by atoms with E-state index in [9.17, 15) is 27.5 Å². The molecule has 0 saturated carbocycles. The minimum absolute atomic E-state index is 0.0323. The second-order valence-electron chi connectivity index (χ2n) is 8.75. The van der Waals surface area contributed by atoms with E-state index in [1.54, 1.807) is 6.07 Å². The normalized spacial score (nSPS) is 20.9. The molecule has 1 amide bonds. The Kier molecular flexibility index (Phi) is 6.81. The van der Waals surface area contributed by atoms with Crippen LogP contribution < -0.4 is 5.73 Å². The third kappa shape index (κ3) is 5.02. The van der Waals surface area contributed by atoms with Crippen LogP contribution in [0.1, 0.15) is 40.7 Å². The number of rotatable bonds is 7. The first-order chi connectivity index (χ1) is 16.1. The fourth-order valence-electron chi connectivity index (χ4n) is 4.82. The maximum absolute atomic E-state index is 13.7. The quantitative estimate of drug-likeness (QED) is 0.620. The van der Waals surface area contributed by atoms with Crippen LogP contribution in [0.25, 0.3) is 0 Å². The molecular formula is C24H26FN3O5S. The van der Waals surface area contributed by atoms with Crippen molar-refractivity contribution in [2.75, 3.05) is 19.6 Å². The molecule has 2 aromatic rings. The number of aliphatic carboxylic acids is 1. The van der Waals surface area contributed by atoms with Gasteiger partial charge in [0.1, 0.15) is 5.82 Å². The van der Waals surface area contributed by atoms with Gasteiger partial charge in [0.2, 0.25) is 15.9 Å². The van der Waals surface area contributed by atoms with Gasteiger partial charge in [0, 0.05) is 37.3 Å². The van der Waals surface area contributed by atoms with Gasteiger partial charge in [-0.3, -0.25) is 14.6 Å². The number of hydrogen-bond acceptors (Lipinski definition) is 5. The Morgan fingerprint density at radius 2 is 1.97 bits per heavy atom. The number of piperidine rings is 1. The number of primary amides is 1. The average Bonchev–Trinajstić information content (AvgIpc) is 2.79. The van der Waals surface area contributed by atoms with E-state index in [2.05, 4.69) is 4.99 Å². The van der Waals surface area contributed by atoms with Crippen LogP contribution >= 0.6 is 0 Å². The highest BCUT2D eigenvalue weighted by atomic mass is 32.2. The molecule has 0 radical (unpaired) electrons. The summed E-state index contributed by atoms with van der Waals surface area (Å²) in [4.78, 5) is 27.6. The predicted molar refractivity (Wildman–Crippen MR) is 124 cm³/mol. The molecule has 0 aromatic heterocycles. The molecule has 2 atom stereocenters. The number of nitrogens with zero attached hydrogens (tertiary/aromatic N) is 2. The maximum Gasteiger partial charge on any atom is 0.303 e. The topological polar surface area (TPSA) is 130 Å². The molecule has 3 N–H and O–H groups in total. The van der Waals surface area contributed by atoms with Crippen LogP contribution in [-0.4, -0.2) is 55.1 Å². The number of carbonyl (C=O) groups is 2. The summed E-state index contributed by atoms with van der Waals surface area (Å²) in [7, 11) is -3.92. The number of nitrogens with two attached hydrogens (primary N) is 1. The fourth-order valence-corrected chi connectivity index (χ4v) is 6.38. The summed E-state index contributed by atoms with van der Waals surface area (Å²) in [5.41, 5.74) is 7.83. The minimum Gasteiger partial charge on any atom is -0.481 e. The molecule has 2 aromatic carbocycles. The van der Waals surface area contributed by atoms with Gasteiger partial charge in [-0.25, -0.2) is 12.8 Å². The monoisotopic (exact) mass is 487 g/mol. The summed E-state index contributed by atoms with van der Waals surface area (Å²) in [5.74, 6) is -2.49. The van der Waals surface area contributed by atoms with E-state index in [1.165, 1.54) is 40.7 Å². The number of sulfonamides is 1. The van der Waals surface area contributed by atoms with Crippen molar-refractivity contribution in [2.45, 2.75) is 30.6 Å². The van der Waals surface area contributed by atoms with Crippen LogP contribution in [0.3, 0.4) is 0 Å². The van der Waals surface area contributed by atoms with Crippen molar-refractivity contribution in [2.24, 2.45) is 22.6 Å². The van der Waals surface area contributed by atoms with Gasteiger partial charge in [0.05, 0.1) is 4.90 Å². The zero-order valence-corrected chi connectivity index (χ0v) is 19.3. The molecule has 2 aliphatic heterocycles. The highest BCUT2D eigenvalue weighted by Crippen LogP contribution is 2.34. The molecule has 0 unspecified atom stereocenters. The summed E-state index contributed by atoms with van der Waals surface area (Å²) in [5, 5.41) is 9.42. The Labute approximate surface area is 197 Å². The maximum atomic E-state index is 13.7. The van der Waals surface area contributed by atoms with E-state index in [1.807, 2.05) is 0 Å². The van der Waals surface area contributed by atoms with Crippen LogP contribution in [-0.2, 0) is 21.2 Å². The first-order valence-corrected chi connectivity index (χ1v) is 12.5. The zero-order valence-electron chi connectivity index (χ0n) is 18.5. The molecule has 1 fully saturated rings. The van der Waals surface area contributed by atoms with Crippen molar-refractivity contribution in [3.63, 3.8) is 0 Å². The minimum atomic E-state index is -3.92. The number of halogens is 1. The van der Waals surface area contributed by atoms with Crippen LogP contribution in [0, 0.1) is 17.7 Å². The number of carboxylic acids is 1. The molecule has 2 aliphatic rings. The zero-order chi connectivity index (χ0) is 24.5. The molecule has 34 heavy (non-hydrogen) atoms. The van der Waals surface area contributed by atoms with Crippen LogP contribution in [0.4, 0.5) is 4.39 Å². The van der Waals surface area contributed by atoms with Gasteiger partial charge in [-0.2, -0.15) is 4.31 Å². The van der Waals surface area contributed by atoms with Gasteiger partial charge in [-0.1, -0.05) is 6.07 Å². The van der Waals surface area contributed by atoms with E-state index in [4.69, 9.17) is 5.73 Å². The van der Waals surface area contributed by atoms with Gasteiger partial charge >= 0.3 is 5.97 Å². The van der Waals surface area contributed by atoms with Crippen molar-refractivity contribution in [1.29, 1.82) is 0 Å². The average molecular weight is 488 g/mol. The third-order valence-corrected chi connectivity index (χ3v) is 8.43. The van der Waals surface area contributed by atoms with Crippen LogP contribution in [0.15, 0.2) is 52.4 Å². The van der Waals surface area contributed by atoms with Crippen LogP contribution in [0.5, 0.6) is 0 Å². The van der Waals surface area contributed by atoms with Crippen molar-refractivity contribution in [3.8, 4) is 0 Å². The van der Waals surface area contributed by atoms with E-state index in [-0.39, 0.29) is 47.6 Å². The number of amides is 1. The van der Waals surface area contributed by atoms with E-state index in [0.29, 0.717) is 25.8 Å². The van der Waals surface area contributed by atoms with Gasteiger partial charge in [0.15, 0.2) is 0 Å². The van der Waals surface area contributed by atoms with Gasteiger partial charge in [-0.15, -0.1) is 0 Å². The second-order valence-corrected chi connectivity index (χ2v) is 10.7. The Morgan fingerprint density at radius 3 is 2.71 bits per heavy atom. The third-order valence-electron chi connectivity index (χ3n) is 6.56. The lowest BCUT2D eigenvalue weighted by molar-refractivity contribution is -0.138. The second kappa shape index (κ2) is 9.63. The lowest BCUT2D eigenvalue weighted by Gasteiger charge is -2.38. The van der Waals surface area contributed by atoms with Gasteiger partial charge in [-0.05, 0) is 78.6 Å². The van der Waals surface area contributed by atoms with Crippen molar-refractivity contribution in [1.82, 2.24) is 4.31 Å². The van der Waals surface area contributed by atoms with Crippen molar-refractivity contribution in [3.05, 3.63) is 65.0 Å². The molecular weight excluding hydrogens is 461 g/mol. The number of hydrogen-bond donors (Lipinski definition) is 2. The van der Waals surface area contributed by atoms with Crippen LogP contribution in [0.2, 0.25) is 0 Å². The number of carbonyl (C=O) groups excluding carboxylic acids is 1. The smallest absolute Gasteiger partial charge is 0.303 e. The van der Waals surface area contributed by atoms with E-state index < -0.39 is 21.9 Å². The number of fused-ring (bicyclic) bond motifs is 1. The lowest BCUT2D eigenvalue weighted by Crippen LogP contribution is -2.45. The largest absolute Gasteiger partial charge is 0.481 e. The summed E-state index contributed by atoms with van der Waals surface area (Å²) < 4.78 is 41.7. The molecule has 2 heterocycles. The molecule has 0 spiro atoms. The van der Waals surface area contributed by atoms with Gasteiger partial charge in [0.25, 0.3) is 0 Å². The summed E-state index contributed by atoms with van der Waals surface area (Å²) in [6.07, 6.45) is 1.33. The highest BCUT2D eigenvalue weighted by molar-refractivity contribution is 7.89. The Balaban J connectivity index is 1.61. The number of aliphatic imine (C=N–C) groups is 1. The van der Waals surface area contributed by atoms with Crippen molar-refractivity contribution >= 4 is 27.6 Å². The molecule has 1 saturated heterocycles. The predicted octanol–water partition coefficient (Wildman–Crippen LogP) is 2.46. The van der Waals surface area contributed by atoms with Crippen molar-refractivity contribution < 1.29 is 27.5 Å². The number of benzene rings is 2. The lowest BCUT2D eigenvalue weighted by atomic mass is 9.79. The Morgan fingerprint density at radius 1 is 1.18 bits per heavy atom. The Hall–Kier alpha value is -3.11. The molecule has 4 rings (SSSR count). The molecule has 0 bridgehead atoms. The SMILES string of the molecule is NC(=O)c1cccc(S(=O)(=O)N2CC[C@@H](CC(=O)O)[C@@H](CC3=NCCc4cc(F)ccc43)C2)c1. The Bertz CT molecular complexity index is 1260. The molecule has 0 aliphatic carbocycles. The summed E-state index contributed by atoms with van der Waals surface area (Å²) in [6, 6.07) is 10.1. The van der Waals surface area contributed by atoms with E-state index in [0.717, 1.165) is 16.8 Å². The summed E-state index contributed by atoms with van der Waals surface area (Å²) in [6.45, 7) is 0.798. The molecule has 10 heteroatoms. The molecule has 180 valence electrons. The first kappa shape index (κ1) is 24.0. The fraction of sp³-hybridized carbons (Fsp3) is 0.375. The van der Waals surface area contributed by atoms with Gasteiger partial charge < -0.3 is 10.8 Å². The van der Waals surface area contributed by atoms with E-state index >= 15 is 0 Å². The summed E-state index contributed by atoms with van der Waals surface area (Å²) >= 11 is 0. The molecule has 8 nitrogen and oxygen atoms in total. The standard InChI is InChI=1S/C24H26FN3O5S/c25-19-4-5-21-16(10-19)6-8-27-22(21)12-18-14-28(9-7-15(18)13-23(29)30)34(32,33)20-3-1-2-17(11-20)24(26)31/h1-5,10-11,15,18H,6-9,12-14H2,(H2,26,31)(H,29,30)/t15-,18-/m0/s1.